The van der Waals surface area contributed by atoms with E-state index in [9.17, 15) is 9.59 Å². The van der Waals surface area contributed by atoms with Crippen LogP contribution in [0.2, 0.25) is 0 Å². The van der Waals surface area contributed by atoms with Gasteiger partial charge in [-0.15, -0.1) is 0 Å². The molecule has 4 heteroatoms. The minimum atomic E-state index is -0.820. The Morgan fingerprint density at radius 3 is 1.35 bits per heavy atom. The number of carbonyl (C=O) groups is 2. The number of carbonyl (C=O) groups excluding carboxylic acids is 2. The summed E-state index contributed by atoms with van der Waals surface area (Å²) < 4.78 is 0. The molecule has 0 radical (unpaired) electrons. The highest BCUT2D eigenvalue weighted by molar-refractivity contribution is 6.73. The average molecular weight is 407 g/mol. The molecule has 0 aliphatic heterocycles. The lowest BCUT2D eigenvalue weighted by molar-refractivity contribution is -0.124. The molecule has 2 nitrogen and oxygen atoms in total. The Morgan fingerprint density at radius 1 is 0.615 bits per heavy atom. The topological polar surface area (TPSA) is 34.1 Å². The first-order valence-electron chi connectivity index (χ1n) is 10.8. The van der Waals surface area contributed by atoms with Crippen LogP contribution in [0.1, 0.15) is 111 Å². The molecule has 0 aliphatic rings. The maximum absolute atomic E-state index is 11.1. The van der Waals surface area contributed by atoms with Gasteiger partial charge in [0.15, 0.2) is 0 Å². The molecule has 2 atom stereocenters. The highest BCUT2D eigenvalue weighted by Gasteiger charge is 2.22. The van der Waals surface area contributed by atoms with Gasteiger partial charge in [0.2, 0.25) is 10.5 Å². The van der Waals surface area contributed by atoms with Crippen LogP contribution >= 0.6 is 23.2 Å². The van der Waals surface area contributed by atoms with Crippen LogP contribution in [0.5, 0.6) is 0 Å². The molecule has 0 spiro atoms. The predicted octanol–water partition coefficient (Wildman–Crippen LogP) is 7.89. The van der Waals surface area contributed by atoms with Gasteiger partial charge < -0.3 is 0 Å². The summed E-state index contributed by atoms with van der Waals surface area (Å²) in [5, 5.41) is -1.25. The third-order valence-corrected chi connectivity index (χ3v) is 5.96. The lowest BCUT2D eigenvalue weighted by Gasteiger charge is -2.14. The number of unbranched alkanes of at least 4 members (excludes halogenated alkanes) is 6. The van der Waals surface area contributed by atoms with Crippen LogP contribution in [-0.4, -0.2) is 10.5 Å². The molecule has 0 aromatic rings. The van der Waals surface area contributed by atoms with Gasteiger partial charge in [0, 0.05) is 0 Å². The van der Waals surface area contributed by atoms with Crippen LogP contribution < -0.4 is 0 Å². The van der Waals surface area contributed by atoms with Gasteiger partial charge >= 0.3 is 0 Å². The van der Waals surface area contributed by atoms with E-state index >= 15 is 0 Å². The zero-order valence-electron chi connectivity index (χ0n) is 17.2. The highest BCUT2D eigenvalue weighted by atomic mass is 35.5. The molecule has 26 heavy (non-hydrogen) atoms. The van der Waals surface area contributed by atoms with Gasteiger partial charge in [-0.05, 0) is 41.5 Å². The number of halogens is 2. The van der Waals surface area contributed by atoms with Crippen LogP contribution in [0.25, 0.3) is 0 Å². The molecule has 0 aromatic heterocycles. The maximum Gasteiger partial charge on any atom is 0.233 e. The maximum atomic E-state index is 11.1. The van der Waals surface area contributed by atoms with Crippen molar-refractivity contribution in [3.63, 3.8) is 0 Å². The minimum absolute atomic E-state index is 0.481. The first-order valence-corrected chi connectivity index (χ1v) is 11.5. The number of hydrogen-bond donors (Lipinski definition) is 0. The van der Waals surface area contributed by atoms with E-state index in [1.807, 2.05) is 0 Å². The third kappa shape index (κ3) is 15.0. The Bertz CT molecular complexity index is 357. The van der Waals surface area contributed by atoms with E-state index in [1.54, 1.807) is 0 Å². The van der Waals surface area contributed by atoms with Crippen molar-refractivity contribution in [1.29, 1.82) is 0 Å². The molecule has 0 heterocycles. The van der Waals surface area contributed by atoms with Crippen molar-refractivity contribution in [3.8, 4) is 0 Å². The van der Waals surface area contributed by atoms with Crippen molar-refractivity contribution < 1.29 is 9.59 Å². The molecule has 0 saturated carbocycles. The standard InChI is InChI=1S/C22H40Cl2O2/c1-4-5-6-8-13-18(2)15-11-12-16-19(3)14-9-7-10-17-20(21(23)25)22(24)26/h18-20H,4-17H2,1-3H3. The van der Waals surface area contributed by atoms with Crippen molar-refractivity contribution in [2.45, 2.75) is 111 Å². The first-order chi connectivity index (χ1) is 12.4. The van der Waals surface area contributed by atoms with E-state index in [1.165, 1.54) is 64.2 Å². The SMILES string of the molecule is CCCCCCC(C)CCCCC(C)CCCCCC(C(=O)Cl)C(=O)Cl. The van der Waals surface area contributed by atoms with Crippen LogP contribution in [0, 0.1) is 17.8 Å². The number of rotatable bonds is 18. The van der Waals surface area contributed by atoms with E-state index in [0.717, 1.165) is 31.1 Å². The molecule has 154 valence electrons. The molecule has 0 rings (SSSR count). The Kier molecular flexibility index (Phi) is 17.0. The van der Waals surface area contributed by atoms with E-state index in [0.29, 0.717) is 6.42 Å². The van der Waals surface area contributed by atoms with Gasteiger partial charge in [-0.25, -0.2) is 0 Å². The van der Waals surface area contributed by atoms with Gasteiger partial charge in [0.25, 0.3) is 0 Å². The fourth-order valence-corrected chi connectivity index (χ4v) is 4.00. The summed E-state index contributed by atoms with van der Waals surface area (Å²) in [7, 11) is 0. The average Bonchev–Trinajstić information content (AvgIpc) is 2.58. The fraction of sp³-hybridized carbons (Fsp3) is 0.909. The second-order valence-electron chi connectivity index (χ2n) is 8.14. The molecule has 0 saturated heterocycles. The van der Waals surface area contributed by atoms with Gasteiger partial charge in [0.1, 0.15) is 5.92 Å². The normalized spacial score (nSPS) is 13.8. The Balaban J connectivity index is 3.56. The highest BCUT2D eigenvalue weighted by Crippen LogP contribution is 2.22. The van der Waals surface area contributed by atoms with Gasteiger partial charge in [0.05, 0.1) is 0 Å². The molecule has 0 N–H and O–H groups in total. The molecule has 0 bridgehead atoms. The fourth-order valence-electron chi connectivity index (χ4n) is 3.53. The van der Waals surface area contributed by atoms with Crippen molar-refractivity contribution >= 4 is 33.7 Å². The molecule has 0 fully saturated rings. The zero-order chi connectivity index (χ0) is 19.8. The summed E-state index contributed by atoms with van der Waals surface area (Å²) in [6.07, 6.45) is 17.0. The summed E-state index contributed by atoms with van der Waals surface area (Å²) in [6, 6.07) is 0. The monoisotopic (exact) mass is 406 g/mol. The Labute approximate surface area is 171 Å². The minimum Gasteiger partial charge on any atom is -0.280 e. The van der Waals surface area contributed by atoms with Gasteiger partial charge in [-0.1, -0.05) is 104 Å². The lowest BCUT2D eigenvalue weighted by atomic mass is 9.93. The third-order valence-electron chi connectivity index (χ3n) is 5.43. The second kappa shape index (κ2) is 17.0. The number of hydrogen-bond acceptors (Lipinski definition) is 2. The van der Waals surface area contributed by atoms with E-state index < -0.39 is 16.4 Å². The summed E-state index contributed by atoms with van der Waals surface area (Å²) in [4.78, 5) is 22.2. The lowest BCUT2D eigenvalue weighted by Crippen LogP contribution is -2.15. The first kappa shape index (κ1) is 25.9. The van der Waals surface area contributed by atoms with Crippen molar-refractivity contribution in [2.24, 2.45) is 17.8 Å². The van der Waals surface area contributed by atoms with Crippen LogP contribution in [-0.2, 0) is 9.59 Å². The van der Waals surface area contributed by atoms with Gasteiger partial charge in [-0.2, -0.15) is 0 Å². The van der Waals surface area contributed by atoms with Crippen molar-refractivity contribution in [1.82, 2.24) is 0 Å². The molecule has 0 aromatic carbocycles. The second-order valence-corrected chi connectivity index (χ2v) is 8.89. The quantitative estimate of drug-likeness (QED) is 0.131. The zero-order valence-corrected chi connectivity index (χ0v) is 18.7. The summed E-state index contributed by atoms with van der Waals surface area (Å²) in [6.45, 7) is 7.00. The van der Waals surface area contributed by atoms with Crippen LogP contribution in [0.4, 0.5) is 0 Å². The van der Waals surface area contributed by atoms with E-state index in [4.69, 9.17) is 23.2 Å². The molecular formula is C22H40Cl2O2. The molecule has 2 unspecified atom stereocenters. The van der Waals surface area contributed by atoms with Crippen molar-refractivity contribution in [2.75, 3.05) is 0 Å². The molecular weight excluding hydrogens is 367 g/mol. The van der Waals surface area contributed by atoms with Gasteiger partial charge in [-0.3, -0.25) is 9.59 Å². The van der Waals surface area contributed by atoms with Crippen LogP contribution in [0.3, 0.4) is 0 Å². The molecule has 0 amide bonds. The Hall–Kier alpha value is -0.0800. The Morgan fingerprint density at radius 2 is 0.962 bits per heavy atom. The summed E-state index contributed by atoms with van der Waals surface area (Å²) in [5.74, 6) is 0.819. The molecule has 0 aliphatic carbocycles. The smallest absolute Gasteiger partial charge is 0.233 e. The predicted molar refractivity (Wildman–Crippen MR) is 114 cm³/mol. The van der Waals surface area contributed by atoms with E-state index in [-0.39, 0.29) is 0 Å². The summed E-state index contributed by atoms with van der Waals surface area (Å²) >= 11 is 10.8. The van der Waals surface area contributed by atoms with E-state index in [2.05, 4.69) is 20.8 Å². The summed E-state index contributed by atoms with van der Waals surface area (Å²) in [5.41, 5.74) is 0. The van der Waals surface area contributed by atoms with Crippen LogP contribution in [0.15, 0.2) is 0 Å². The van der Waals surface area contributed by atoms with Crippen molar-refractivity contribution in [3.05, 3.63) is 0 Å². The largest absolute Gasteiger partial charge is 0.280 e.